The van der Waals surface area contributed by atoms with E-state index >= 15 is 0 Å². The summed E-state index contributed by atoms with van der Waals surface area (Å²) in [5.41, 5.74) is 5.23. The van der Waals surface area contributed by atoms with Gasteiger partial charge < -0.3 is 10.1 Å². The number of aromatic nitrogens is 1. The summed E-state index contributed by atoms with van der Waals surface area (Å²) in [6, 6.07) is 26.1. The first-order valence-corrected chi connectivity index (χ1v) is 8.60. The summed E-state index contributed by atoms with van der Waals surface area (Å²) >= 11 is 0. The highest BCUT2D eigenvalue weighted by Gasteiger charge is 2.26. The smallest absolute Gasteiger partial charge is 0.352 e. The summed E-state index contributed by atoms with van der Waals surface area (Å²) < 4.78 is 0. The first-order chi connectivity index (χ1) is 12.6. The molecule has 3 nitrogen and oxygen atoms in total. The van der Waals surface area contributed by atoms with E-state index in [9.17, 15) is 9.90 Å². The molecule has 0 fully saturated rings. The first kappa shape index (κ1) is 16.2. The van der Waals surface area contributed by atoms with Gasteiger partial charge in [-0.25, -0.2) is 4.79 Å². The number of nitrogens with one attached hydrogen (secondary N) is 1. The summed E-state index contributed by atoms with van der Waals surface area (Å²) in [6.45, 7) is 2.05. The molecule has 0 aliphatic heterocycles. The molecule has 0 bridgehead atoms. The molecule has 0 spiro atoms. The normalized spacial score (nSPS) is 12.2. The van der Waals surface area contributed by atoms with Crippen molar-refractivity contribution in [2.75, 3.05) is 0 Å². The molecule has 2 N–H and O–H groups in total. The van der Waals surface area contributed by atoms with Crippen molar-refractivity contribution in [2.45, 2.75) is 12.8 Å². The van der Waals surface area contributed by atoms with Crippen molar-refractivity contribution in [3.63, 3.8) is 0 Å². The Kier molecular flexibility index (Phi) is 4.05. The Hall–Kier alpha value is -3.33. The summed E-state index contributed by atoms with van der Waals surface area (Å²) in [4.78, 5) is 15.1. The lowest BCUT2D eigenvalue weighted by Gasteiger charge is -2.19. The topological polar surface area (TPSA) is 53.1 Å². The van der Waals surface area contributed by atoms with Gasteiger partial charge in [0.25, 0.3) is 0 Å². The minimum Gasteiger partial charge on any atom is -0.477 e. The summed E-state index contributed by atoms with van der Waals surface area (Å²) in [5, 5.41) is 10.8. The average molecular weight is 341 g/mol. The SMILES string of the molecule is Cc1ccc(C(c2ccccc2)c2c(C(=O)O)[nH]c3ccccc23)cc1. The van der Waals surface area contributed by atoms with Crippen molar-refractivity contribution in [3.05, 3.63) is 107 Å². The molecule has 0 radical (unpaired) electrons. The Morgan fingerprint density at radius 1 is 0.846 bits per heavy atom. The summed E-state index contributed by atoms with van der Waals surface area (Å²) in [7, 11) is 0. The van der Waals surface area contributed by atoms with Gasteiger partial charge in [-0.1, -0.05) is 78.4 Å². The second kappa shape index (κ2) is 6.52. The number of aromatic carboxylic acids is 1. The average Bonchev–Trinajstić information content (AvgIpc) is 3.04. The highest BCUT2D eigenvalue weighted by Crippen LogP contribution is 2.38. The lowest BCUT2D eigenvalue weighted by Crippen LogP contribution is -2.09. The summed E-state index contributed by atoms with van der Waals surface area (Å²) in [6.07, 6.45) is 0. The third kappa shape index (κ3) is 2.78. The number of rotatable bonds is 4. The molecule has 3 aromatic carbocycles. The first-order valence-electron chi connectivity index (χ1n) is 8.60. The van der Waals surface area contributed by atoms with Gasteiger partial charge in [-0.15, -0.1) is 0 Å². The lowest BCUT2D eigenvalue weighted by molar-refractivity contribution is 0.0690. The van der Waals surface area contributed by atoms with Crippen LogP contribution in [0, 0.1) is 6.92 Å². The number of para-hydroxylation sites is 1. The van der Waals surface area contributed by atoms with E-state index < -0.39 is 5.97 Å². The van der Waals surface area contributed by atoms with Crippen molar-refractivity contribution >= 4 is 16.9 Å². The van der Waals surface area contributed by atoms with Gasteiger partial charge in [-0.2, -0.15) is 0 Å². The second-order valence-corrected chi connectivity index (χ2v) is 6.52. The maximum absolute atomic E-state index is 12.0. The fourth-order valence-corrected chi connectivity index (χ4v) is 3.56. The number of aryl methyl sites for hydroxylation is 1. The van der Waals surface area contributed by atoms with Crippen molar-refractivity contribution in [1.29, 1.82) is 0 Å². The molecule has 26 heavy (non-hydrogen) atoms. The van der Waals surface area contributed by atoms with Crippen LogP contribution in [0.4, 0.5) is 0 Å². The molecule has 0 aliphatic carbocycles. The lowest BCUT2D eigenvalue weighted by atomic mass is 9.83. The van der Waals surface area contributed by atoms with Crippen LogP contribution in [0.3, 0.4) is 0 Å². The molecule has 0 saturated carbocycles. The molecule has 1 unspecified atom stereocenters. The van der Waals surface area contributed by atoms with Crippen LogP contribution in [0.5, 0.6) is 0 Å². The number of carboxylic acid groups (broad SMARTS) is 1. The molecule has 4 rings (SSSR count). The third-order valence-corrected chi connectivity index (χ3v) is 4.79. The van der Waals surface area contributed by atoms with Crippen LogP contribution in [0.15, 0.2) is 78.9 Å². The maximum Gasteiger partial charge on any atom is 0.352 e. The van der Waals surface area contributed by atoms with Gasteiger partial charge in [0.05, 0.1) is 0 Å². The number of H-pyrrole nitrogens is 1. The largest absolute Gasteiger partial charge is 0.477 e. The molecular formula is C23H19NO2. The standard InChI is InChI=1S/C23H19NO2/c1-15-11-13-17(14-12-15)20(16-7-3-2-4-8-16)21-18-9-5-6-10-19(18)24-22(21)23(25)26/h2-14,20,24H,1H3,(H,25,26). The highest BCUT2D eigenvalue weighted by atomic mass is 16.4. The molecule has 0 aliphatic rings. The van der Waals surface area contributed by atoms with E-state index in [1.807, 2.05) is 42.5 Å². The van der Waals surface area contributed by atoms with Crippen molar-refractivity contribution in [3.8, 4) is 0 Å². The minimum absolute atomic E-state index is 0.154. The number of carboxylic acids is 1. The van der Waals surface area contributed by atoms with Crippen LogP contribution in [-0.4, -0.2) is 16.1 Å². The fraction of sp³-hybridized carbons (Fsp3) is 0.0870. The molecule has 128 valence electrons. The third-order valence-electron chi connectivity index (χ3n) is 4.79. The van der Waals surface area contributed by atoms with Gasteiger partial charge in [-0.05, 0) is 24.1 Å². The van der Waals surface area contributed by atoms with Crippen LogP contribution >= 0.6 is 0 Å². The maximum atomic E-state index is 12.0. The van der Waals surface area contributed by atoms with Crippen LogP contribution in [0.2, 0.25) is 0 Å². The molecule has 1 atom stereocenters. The van der Waals surface area contributed by atoms with Gasteiger partial charge >= 0.3 is 5.97 Å². The number of hydrogen-bond donors (Lipinski definition) is 2. The van der Waals surface area contributed by atoms with Gasteiger partial charge in [0.1, 0.15) is 5.69 Å². The quantitative estimate of drug-likeness (QED) is 0.525. The van der Waals surface area contributed by atoms with E-state index in [0.29, 0.717) is 0 Å². The number of aromatic amines is 1. The molecule has 0 amide bonds. The van der Waals surface area contributed by atoms with Crippen molar-refractivity contribution in [1.82, 2.24) is 4.98 Å². The van der Waals surface area contributed by atoms with Crippen LogP contribution < -0.4 is 0 Å². The van der Waals surface area contributed by atoms with E-state index in [1.165, 1.54) is 5.56 Å². The molecule has 3 heteroatoms. The molecule has 1 heterocycles. The van der Waals surface area contributed by atoms with E-state index in [4.69, 9.17) is 0 Å². The van der Waals surface area contributed by atoms with E-state index in [-0.39, 0.29) is 11.6 Å². The van der Waals surface area contributed by atoms with E-state index in [0.717, 1.165) is 27.6 Å². The Labute approximate surface area is 151 Å². The Morgan fingerprint density at radius 3 is 2.15 bits per heavy atom. The number of fused-ring (bicyclic) bond motifs is 1. The van der Waals surface area contributed by atoms with Gasteiger partial charge in [0, 0.05) is 22.4 Å². The molecule has 4 aromatic rings. The monoisotopic (exact) mass is 341 g/mol. The van der Waals surface area contributed by atoms with E-state index in [1.54, 1.807) is 0 Å². The van der Waals surface area contributed by atoms with Crippen LogP contribution in [0.25, 0.3) is 10.9 Å². The second-order valence-electron chi connectivity index (χ2n) is 6.52. The molecular weight excluding hydrogens is 322 g/mol. The Bertz CT molecular complexity index is 1060. The highest BCUT2D eigenvalue weighted by molar-refractivity contribution is 5.98. The van der Waals surface area contributed by atoms with Crippen molar-refractivity contribution in [2.24, 2.45) is 0 Å². The minimum atomic E-state index is -0.941. The molecule has 1 aromatic heterocycles. The Balaban J connectivity index is 2.04. The number of hydrogen-bond acceptors (Lipinski definition) is 1. The number of benzene rings is 3. The zero-order valence-electron chi connectivity index (χ0n) is 14.4. The van der Waals surface area contributed by atoms with Gasteiger partial charge in [0.15, 0.2) is 0 Å². The number of carbonyl (C=O) groups is 1. The molecule has 0 saturated heterocycles. The van der Waals surface area contributed by atoms with Crippen LogP contribution in [0.1, 0.15) is 38.7 Å². The van der Waals surface area contributed by atoms with Crippen LogP contribution in [-0.2, 0) is 0 Å². The van der Waals surface area contributed by atoms with Gasteiger partial charge in [0.2, 0.25) is 0 Å². The zero-order valence-corrected chi connectivity index (χ0v) is 14.4. The van der Waals surface area contributed by atoms with Gasteiger partial charge in [-0.3, -0.25) is 0 Å². The fourth-order valence-electron chi connectivity index (χ4n) is 3.56. The van der Waals surface area contributed by atoms with E-state index in [2.05, 4.69) is 48.3 Å². The predicted octanol–water partition coefficient (Wildman–Crippen LogP) is 5.35. The summed E-state index contributed by atoms with van der Waals surface area (Å²) in [5.74, 6) is -1.09. The Morgan fingerprint density at radius 2 is 1.46 bits per heavy atom. The zero-order chi connectivity index (χ0) is 18.1. The van der Waals surface area contributed by atoms with Crippen molar-refractivity contribution < 1.29 is 9.90 Å². The predicted molar refractivity (Wildman–Crippen MR) is 104 cm³/mol.